The highest BCUT2D eigenvalue weighted by Gasteiger charge is 2.19. The van der Waals surface area contributed by atoms with Crippen LogP contribution in [-0.4, -0.2) is 34.4 Å². The molecule has 0 fully saturated rings. The van der Waals surface area contributed by atoms with Crippen molar-refractivity contribution in [2.24, 2.45) is 0 Å². The molecule has 0 aliphatic heterocycles. The van der Waals surface area contributed by atoms with E-state index < -0.39 is 0 Å². The van der Waals surface area contributed by atoms with Crippen molar-refractivity contribution in [3.63, 3.8) is 0 Å². The van der Waals surface area contributed by atoms with Crippen molar-refractivity contribution >= 4 is 40.2 Å². The van der Waals surface area contributed by atoms with Gasteiger partial charge in [-0.25, -0.2) is 4.98 Å². The maximum absolute atomic E-state index is 13.4. The molecule has 0 saturated carbocycles. The number of para-hydroxylation sites is 1. The van der Waals surface area contributed by atoms with E-state index >= 15 is 0 Å². The minimum Gasteiger partial charge on any atom is -0.495 e. The minimum atomic E-state index is -0.231. The predicted molar refractivity (Wildman–Crippen MR) is 122 cm³/mol. The number of halogens is 1. The van der Waals surface area contributed by atoms with Crippen LogP contribution in [0.25, 0.3) is 16.6 Å². The molecule has 3 rings (SSSR count). The first kappa shape index (κ1) is 22.2. The number of hydrogen-bond donors (Lipinski definition) is 1. The van der Waals surface area contributed by atoms with Crippen LogP contribution in [0.15, 0.2) is 46.3 Å². The van der Waals surface area contributed by atoms with Crippen LogP contribution in [0, 0.1) is 6.92 Å². The van der Waals surface area contributed by atoms with Crippen LogP contribution in [0.5, 0.6) is 5.75 Å². The topological polar surface area (TPSA) is 73.2 Å². The summed E-state index contributed by atoms with van der Waals surface area (Å²) >= 11 is 7.46. The summed E-state index contributed by atoms with van der Waals surface area (Å²) in [6.07, 6.45) is 0.844. The summed E-state index contributed by atoms with van der Waals surface area (Å²) < 4.78 is 6.98. The van der Waals surface area contributed by atoms with Crippen molar-refractivity contribution in [1.82, 2.24) is 14.9 Å². The third kappa shape index (κ3) is 4.63. The first-order chi connectivity index (χ1) is 14.3. The molecular formula is C22H24ClN3O3S. The number of nitrogens with one attached hydrogen (secondary N) is 1. The number of amides is 1. The number of nitrogens with zero attached hydrogens (tertiary/aromatic N) is 2. The summed E-state index contributed by atoms with van der Waals surface area (Å²) in [6, 6.07) is 10.7. The summed E-state index contributed by atoms with van der Waals surface area (Å²) in [4.78, 5) is 30.4. The van der Waals surface area contributed by atoms with Crippen LogP contribution in [0.1, 0.15) is 25.8 Å². The van der Waals surface area contributed by atoms with Gasteiger partial charge in [-0.05, 0) is 44.0 Å². The molecule has 1 aromatic heterocycles. The number of aromatic nitrogens is 2. The highest BCUT2D eigenvalue weighted by atomic mass is 35.5. The first-order valence-corrected chi connectivity index (χ1v) is 11.0. The second-order valence-electron chi connectivity index (χ2n) is 6.99. The molecule has 158 valence electrons. The van der Waals surface area contributed by atoms with Crippen molar-refractivity contribution in [3.8, 4) is 11.4 Å². The fourth-order valence-corrected chi connectivity index (χ4v) is 3.93. The van der Waals surface area contributed by atoms with E-state index in [1.165, 1.54) is 23.4 Å². The average Bonchev–Trinajstić information content (AvgIpc) is 2.74. The van der Waals surface area contributed by atoms with Gasteiger partial charge in [-0.15, -0.1) is 0 Å². The normalized spacial score (nSPS) is 12.0. The van der Waals surface area contributed by atoms with E-state index in [0.29, 0.717) is 32.5 Å². The number of benzene rings is 2. The number of fused-ring (bicyclic) bond motifs is 1. The van der Waals surface area contributed by atoms with Gasteiger partial charge in [0.2, 0.25) is 5.91 Å². The Balaban J connectivity index is 2.14. The predicted octanol–water partition coefficient (Wildman–Crippen LogP) is 4.36. The van der Waals surface area contributed by atoms with Crippen LogP contribution in [-0.2, 0) is 4.79 Å². The molecule has 8 heteroatoms. The lowest BCUT2D eigenvalue weighted by Gasteiger charge is -2.17. The number of thioether (sulfide) groups is 1. The third-order valence-electron chi connectivity index (χ3n) is 4.80. The van der Waals surface area contributed by atoms with Gasteiger partial charge in [-0.3, -0.25) is 14.2 Å². The quantitative estimate of drug-likeness (QED) is 0.432. The Labute approximate surface area is 184 Å². The van der Waals surface area contributed by atoms with Gasteiger partial charge in [-0.1, -0.05) is 42.4 Å². The van der Waals surface area contributed by atoms with Crippen molar-refractivity contribution in [2.75, 3.05) is 12.9 Å². The van der Waals surface area contributed by atoms with Crippen LogP contribution in [0.2, 0.25) is 5.02 Å². The molecule has 0 unspecified atom stereocenters. The van der Waals surface area contributed by atoms with Gasteiger partial charge in [0.05, 0.1) is 29.5 Å². The SMILES string of the molecule is CC[C@@H](C)NC(=O)CSc1nc2ccccc2c(=O)n1-c1cc(C)c(Cl)cc1OC. The van der Waals surface area contributed by atoms with Crippen LogP contribution >= 0.6 is 23.4 Å². The lowest BCUT2D eigenvalue weighted by atomic mass is 10.2. The fourth-order valence-electron chi connectivity index (χ4n) is 2.96. The summed E-state index contributed by atoms with van der Waals surface area (Å²) in [6.45, 7) is 5.82. The van der Waals surface area contributed by atoms with Gasteiger partial charge in [0, 0.05) is 17.1 Å². The van der Waals surface area contributed by atoms with Gasteiger partial charge < -0.3 is 10.1 Å². The summed E-state index contributed by atoms with van der Waals surface area (Å²) in [5.41, 5.74) is 1.68. The summed E-state index contributed by atoms with van der Waals surface area (Å²) in [5, 5.41) is 4.38. The number of aryl methyl sites for hydroxylation is 1. The maximum atomic E-state index is 13.4. The Kier molecular flexibility index (Phi) is 7.05. The average molecular weight is 446 g/mol. The number of ether oxygens (including phenoxy) is 1. The number of methoxy groups -OCH3 is 1. The second kappa shape index (κ2) is 9.53. The van der Waals surface area contributed by atoms with Gasteiger partial charge in [0.15, 0.2) is 5.16 Å². The smallest absolute Gasteiger partial charge is 0.266 e. The zero-order chi connectivity index (χ0) is 21.8. The molecule has 1 heterocycles. The van der Waals surface area contributed by atoms with Crippen molar-refractivity contribution in [1.29, 1.82) is 0 Å². The molecule has 1 amide bonds. The molecule has 0 spiro atoms. The fraction of sp³-hybridized carbons (Fsp3) is 0.318. The second-order valence-corrected chi connectivity index (χ2v) is 8.34. The summed E-state index contributed by atoms with van der Waals surface area (Å²) in [7, 11) is 1.52. The van der Waals surface area contributed by atoms with E-state index in [1.54, 1.807) is 30.3 Å². The van der Waals surface area contributed by atoms with E-state index in [2.05, 4.69) is 10.3 Å². The molecule has 0 saturated heterocycles. The van der Waals surface area contributed by atoms with Crippen LogP contribution < -0.4 is 15.6 Å². The number of rotatable bonds is 7. The number of carbonyl (C=O) groups excluding carboxylic acids is 1. The molecular weight excluding hydrogens is 422 g/mol. The highest BCUT2D eigenvalue weighted by molar-refractivity contribution is 7.99. The molecule has 0 aliphatic carbocycles. The molecule has 1 N–H and O–H groups in total. The van der Waals surface area contributed by atoms with Gasteiger partial charge in [0.25, 0.3) is 5.56 Å². The Morgan fingerprint density at radius 2 is 2.07 bits per heavy atom. The number of hydrogen-bond acceptors (Lipinski definition) is 5. The zero-order valence-electron chi connectivity index (χ0n) is 17.4. The Morgan fingerprint density at radius 3 is 2.77 bits per heavy atom. The van der Waals surface area contributed by atoms with E-state index in [-0.39, 0.29) is 23.3 Å². The Morgan fingerprint density at radius 1 is 1.33 bits per heavy atom. The first-order valence-electron chi connectivity index (χ1n) is 9.64. The van der Waals surface area contributed by atoms with Gasteiger partial charge in [0.1, 0.15) is 5.75 Å². The summed E-state index contributed by atoms with van der Waals surface area (Å²) in [5.74, 6) is 0.488. The largest absolute Gasteiger partial charge is 0.495 e. The monoisotopic (exact) mass is 445 g/mol. The van der Waals surface area contributed by atoms with Crippen molar-refractivity contribution < 1.29 is 9.53 Å². The zero-order valence-corrected chi connectivity index (χ0v) is 18.9. The third-order valence-corrected chi connectivity index (χ3v) is 6.14. The van der Waals surface area contributed by atoms with Gasteiger partial charge >= 0.3 is 0 Å². The molecule has 3 aromatic rings. The molecule has 0 radical (unpaired) electrons. The molecule has 30 heavy (non-hydrogen) atoms. The minimum absolute atomic E-state index is 0.0869. The molecule has 1 atom stereocenters. The van der Waals surface area contributed by atoms with E-state index in [0.717, 1.165) is 12.0 Å². The van der Waals surface area contributed by atoms with Crippen LogP contribution in [0.3, 0.4) is 0 Å². The Bertz CT molecular complexity index is 1150. The van der Waals surface area contributed by atoms with E-state index in [4.69, 9.17) is 16.3 Å². The Hall–Kier alpha value is -2.51. The van der Waals surface area contributed by atoms with E-state index in [1.807, 2.05) is 26.8 Å². The van der Waals surface area contributed by atoms with Crippen LogP contribution in [0.4, 0.5) is 0 Å². The molecule has 2 aromatic carbocycles. The van der Waals surface area contributed by atoms with Crippen molar-refractivity contribution in [2.45, 2.75) is 38.4 Å². The lowest BCUT2D eigenvalue weighted by Crippen LogP contribution is -2.33. The standard InChI is InChI=1S/C22H24ClN3O3S/c1-5-14(3)24-20(27)12-30-22-25-17-9-7-6-8-15(17)21(28)26(22)18-10-13(2)16(23)11-19(18)29-4/h6-11,14H,5,12H2,1-4H3,(H,24,27)/t14-/m1/s1. The molecule has 0 aliphatic rings. The molecule has 0 bridgehead atoms. The number of carbonyl (C=O) groups is 1. The van der Waals surface area contributed by atoms with E-state index in [9.17, 15) is 9.59 Å². The van der Waals surface area contributed by atoms with Gasteiger partial charge in [-0.2, -0.15) is 0 Å². The maximum Gasteiger partial charge on any atom is 0.266 e. The lowest BCUT2D eigenvalue weighted by molar-refractivity contribution is -0.119. The molecule has 6 nitrogen and oxygen atoms in total. The van der Waals surface area contributed by atoms with Crippen molar-refractivity contribution in [3.05, 3.63) is 57.3 Å². The highest BCUT2D eigenvalue weighted by Crippen LogP contribution is 2.31.